The van der Waals surface area contributed by atoms with Gasteiger partial charge in [-0.1, -0.05) is 55.2 Å². The molecule has 36 heavy (non-hydrogen) atoms. The van der Waals surface area contributed by atoms with E-state index in [0.717, 1.165) is 23.4 Å². The molecule has 8 heteroatoms. The lowest BCUT2D eigenvalue weighted by Crippen LogP contribution is -2.27. The number of carbonyl (C=O) groups is 2. The maximum absolute atomic E-state index is 13.1. The second kappa shape index (κ2) is 11.9. The molecule has 0 atom stereocenters. The molecule has 6 nitrogen and oxygen atoms in total. The Morgan fingerprint density at radius 1 is 1.00 bits per heavy atom. The van der Waals surface area contributed by atoms with Crippen molar-refractivity contribution in [2.24, 2.45) is 0 Å². The molecule has 2 amide bonds. The van der Waals surface area contributed by atoms with E-state index in [1.54, 1.807) is 47.4 Å². The number of nitrogens with one attached hydrogen (secondary N) is 1. The van der Waals surface area contributed by atoms with Gasteiger partial charge in [0.15, 0.2) is 10.9 Å². The van der Waals surface area contributed by atoms with E-state index >= 15 is 0 Å². The van der Waals surface area contributed by atoms with Crippen LogP contribution in [0.3, 0.4) is 0 Å². The molecule has 184 valence electrons. The van der Waals surface area contributed by atoms with E-state index in [4.69, 9.17) is 21.7 Å². The predicted octanol–water partition coefficient (Wildman–Crippen LogP) is 6.07. The van der Waals surface area contributed by atoms with Crippen LogP contribution in [0.2, 0.25) is 0 Å². The zero-order valence-corrected chi connectivity index (χ0v) is 21.7. The van der Waals surface area contributed by atoms with E-state index in [2.05, 4.69) is 12.2 Å². The quantitative estimate of drug-likeness (QED) is 0.274. The molecule has 0 spiro atoms. The monoisotopic (exact) mass is 518 g/mol. The largest absolute Gasteiger partial charge is 0.494 e. The van der Waals surface area contributed by atoms with Crippen LogP contribution in [0.15, 0.2) is 77.7 Å². The zero-order valence-electron chi connectivity index (χ0n) is 20.0. The van der Waals surface area contributed by atoms with Gasteiger partial charge in [0.05, 0.1) is 17.2 Å². The first-order valence-electron chi connectivity index (χ1n) is 11.6. The van der Waals surface area contributed by atoms with Crippen molar-refractivity contribution in [1.82, 2.24) is 0 Å². The minimum Gasteiger partial charge on any atom is -0.494 e. The van der Waals surface area contributed by atoms with E-state index < -0.39 is 0 Å². The fourth-order valence-electron chi connectivity index (χ4n) is 3.56. The lowest BCUT2D eigenvalue weighted by molar-refractivity contribution is -0.118. The van der Waals surface area contributed by atoms with Gasteiger partial charge in [-0.2, -0.15) is 0 Å². The average molecular weight is 519 g/mol. The lowest BCUT2D eigenvalue weighted by Gasteiger charge is -2.14. The third-order valence-electron chi connectivity index (χ3n) is 5.37. The van der Waals surface area contributed by atoms with Gasteiger partial charge in [-0.25, -0.2) is 0 Å². The van der Waals surface area contributed by atoms with Gasteiger partial charge < -0.3 is 14.8 Å². The Bertz CT molecular complexity index is 1290. The van der Waals surface area contributed by atoms with Crippen molar-refractivity contribution in [3.63, 3.8) is 0 Å². The molecule has 0 aliphatic carbocycles. The summed E-state index contributed by atoms with van der Waals surface area (Å²) in [5.74, 6) is 0.834. The fraction of sp³-hybridized carbons (Fsp3) is 0.179. The highest BCUT2D eigenvalue weighted by molar-refractivity contribution is 8.27. The minimum absolute atomic E-state index is 0.146. The van der Waals surface area contributed by atoms with E-state index in [0.29, 0.717) is 27.3 Å². The molecular weight excluding hydrogens is 492 g/mol. The van der Waals surface area contributed by atoms with Crippen LogP contribution in [-0.4, -0.2) is 29.3 Å². The van der Waals surface area contributed by atoms with Crippen molar-refractivity contribution in [2.75, 3.05) is 23.4 Å². The lowest BCUT2D eigenvalue weighted by atomic mass is 10.1. The second-order valence-corrected chi connectivity index (χ2v) is 9.58. The summed E-state index contributed by atoms with van der Waals surface area (Å²) in [6.07, 6.45) is 2.72. The summed E-state index contributed by atoms with van der Waals surface area (Å²) < 4.78 is 11.6. The normalized spacial score (nSPS) is 14.3. The molecule has 1 heterocycles. The zero-order chi connectivity index (χ0) is 25.5. The Morgan fingerprint density at radius 2 is 1.75 bits per heavy atom. The van der Waals surface area contributed by atoms with E-state index in [1.807, 2.05) is 43.3 Å². The van der Waals surface area contributed by atoms with Gasteiger partial charge in [-0.3, -0.25) is 14.5 Å². The van der Waals surface area contributed by atoms with Gasteiger partial charge in [-0.05, 0) is 79.1 Å². The number of carbonyl (C=O) groups excluding carboxylic acids is 2. The summed E-state index contributed by atoms with van der Waals surface area (Å²) in [6.45, 7) is 4.44. The number of thiocarbonyl (C=S) groups is 1. The summed E-state index contributed by atoms with van der Waals surface area (Å²) in [7, 11) is 0. The van der Waals surface area contributed by atoms with Gasteiger partial charge in [0.1, 0.15) is 11.5 Å². The third-order valence-corrected chi connectivity index (χ3v) is 6.67. The molecule has 3 aromatic rings. The first-order valence-corrected chi connectivity index (χ1v) is 12.8. The SMILES string of the molecule is CCOc1ccc(NC(=O)COc2cccc(/C=C3\SC(=S)N(c4ccc(CC)cc4)C3=O)c2)cc1. The molecule has 0 aromatic heterocycles. The maximum atomic E-state index is 13.1. The first-order chi connectivity index (χ1) is 17.5. The molecular formula is C28H26N2O4S2. The highest BCUT2D eigenvalue weighted by Crippen LogP contribution is 2.36. The van der Waals surface area contributed by atoms with Crippen molar-refractivity contribution in [3.8, 4) is 11.5 Å². The summed E-state index contributed by atoms with van der Waals surface area (Å²) in [5, 5.41) is 2.79. The molecule has 1 fully saturated rings. The fourth-order valence-corrected chi connectivity index (χ4v) is 4.86. The van der Waals surface area contributed by atoms with E-state index in [9.17, 15) is 9.59 Å². The molecule has 1 aliphatic rings. The number of amides is 2. The number of hydrogen-bond donors (Lipinski definition) is 1. The topological polar surface area (TPSA) is 67.9 Å². The van der Waals surface area contributed by atoms with Crippen LogP contribution in [0.1, 0.15) is 25.0 Å². The Morgan fingerprint density at radius 3 is 2.44 bits per heavy atom. The van der Waals surface area contributed by atoms with Crippen LogP contribution >= 0.6 is 24.0 Å². The number of benzene rings is 3. The molecule has 1 N–H and O–H groups in total. The summed E-state index contributed by atoms with van der Waals surface area (Å²) in [6, 6.07) is 22.2. The first kappa shape index (κ1) is 25.5. The van der Waals surface area contributed by atoms with Gasteiger partial charge in [0.25, 0.3) is 11.8 Å². The molecule has 0 unspecified atom stereocenters. The second-order valence-electron chi connectivity index (χ2n) is 7.90. The Balaban J connectivity index is 1.38. The third kappa shape index (κ3) is 6.33. The Labute approximate surface area is 220 Å². The van der Waals surface area contributed by atoms with Crippen LogP contribution in [0, 0.1) is 0 Å². The van der Waals surface area contributed by atoms with E-state index in [1.165, 1.54) is 17.3 Å². The van der Waals surface area contributed by atoms with Crippen molar-refractivity contribution in [1.29, 1.82) is 0 Å². The van der Waals surface area contributed by atoms with Crippen LogP contribution in [-0.2, 0) is 16.0 Å². The average Bonchev–Trinajstić information content (AvgIpc) is 3.16. The Hall–Kier alpha value is -3.62. The highest BCUT2D eigenvalue weighted by atomic mass is 32.2. The summed E-state index contributed by atoms with van der Waals surface area (Å²) in [4.78, 5) is 27.5. The van der Waals surface area contributed by atoms with Gasteiger partial charge in [0.2, 0.25) is 0 Å². The van der Waals surface area contributed by atoms with Gasteiger partial charge in [-0.15, -0.1) is 0 Å². The van der Waals surface area contributed by atoms with E-state index in [-0.39, 0.29) is 18.4 Å². The van der Waals surface area contributed by atoms with Gasteiger partial charge >= 0.3 is 0 Å². The number of thioether (sulfide) groups is 1. The van der Waals surface area contributed by atoms with Crippen LogP contribution < -0.4 is 19.7 Å². The standard InChI is InChI=1S/C28H26N2O4S2/c1-3-19-8-12-22(13-9-19)30-27(32)25(36-28(30)35)17-20-6-5-7-24(16-20)34-18-26(31)29-21-10-14-23(15-11-21)33-4-2/h5-17H,3-4,18H2,1-2H3,(H,29,31)/b25-17-. The predicted molar refractivity (Wildman–Crippen MR) is 150 cm³/mol. The van der Waals surface area contributed by atoms with Crippen LogP contribution in [0.25, 0.3) is 6.08 Å². The Kier molecular flexibility index (Phi) is 8.40. The number of nitrogens with zero attached hydrogens (tertiary/aromatic N) is 1. The number of ether oxygens (including phenoxy) is 2. The number of hydrogen-bond acceptors (Lipinski definition) is 6. The number of aryl methyl sites for hydroxylation is 1. The molecule has 0 radical (unpaired) electrons. The number of anilines is 2. The van der Waals surface area contributed by atoms with Crippen molar-refractivity contribution >= 4 is 57.6 Å². The summed E-state index contributed by atoms with van der Waals surface area (Å²) in [5.41, 5.74) is 3.40. The van der Waals surface area contributed by atoms with Crippen molar-refractivity contribution in [2.45, 2.75) is 20.3 Å². The number of rotatable bonds is 9. The molecule has 4 rings (SSSR count). The minimum atomic E-state index is -0.278. The van der Waals surface area contributed by atoms with Crippen LogP contribution in [0.4, 0.5) is 11.4 Å². The highest BCUT2D eigenvalue weighted by Gasteiger charge is 2.33. The molecule has 3 aromatic carbocycles. The molecule has 0 saturated carbocycles. The van der Waals surface area contributed by atoms with Gasteiger partial charge in [0, 0.05) is 5.69 Å². The van der Waals surface area contributed by atoms with Crippen molar-refractivity contribution < 1.29 is 19.1 Å². The van der Waals surface area contributed by atoms with Crippen LogP contribution in [0.5, 0.6) is 11.5 Å². The molecule has 0 bridgehead atoms. The molecule has 1 aliphatic heterocycles. The van der Waals surface area contributed by atoms with Crippen molar-refractivity contribution in [3.05, 3.63) is 88.8 Å². The summed E-state index contributed by atoms with van der Waals surface area (Å²) >= 11 is 6.74. The molecule has 1 saturated heterocycles. The maximum Gasteiger partial charge on any atom is 0.270 e. The smallest absolute Gasteiger partial charge is 0.270 e.